The Kier molecular flexibility index (Phi) is 13.3. The molecule has 0 saturated heterocycles. The Balaban J connectivity index is 0. The summed E-state index contributed by atoms with van der Waals surface area (Å²) < 4.78 is 1.64. The molecule has 0 aromatic rings. The number of halogens is 1. The van der Waals surface area contributed by atoms with Crippen molar-refractivity contribution in [2.24, 2.45) is 5.41 Å². The summed E-state index contributed by atoms with van der Waals surface area (Å²) >= 11 is 0.423. The number of rotatable bonds is 7. The normalized spacial score (nSPS) is 11.1. The number of hydrogen-bond donors (Lipinski definition) is 0. The van der Waals surface area contributed by atoms with E-state index in [0.717, 1.165) is 0 Å². The zero-order valence-corrected chi connectivity index (χ0v) is 15.7. The van der Waals surface area contributed by atoms with Crippen LogP contribution in [0.3, 0.4) is 0 Å². The van der Waals surface area contributed by atoms with E-state index < -0.39 is 0 Å². The minimum Gasteiger partial charge on any atom is -0.149 e. The predicted octanol–water partition coefficient (Wildman–Crippen LogP) is 4.67. The average molecular weight is 306 g/mol. The van der Waals surface area contributed by atoms with Crippen molar-refractivity contribution in [3.8, 4) is 0 Å². The third kappa shape index (κ3) is 18.0. The lowest BCUT2D eigenvalue weighted by Gasteiger charge is -2.17. The maximum Gasteiger partial charge on any atom is 0.359 e. The van der Waals surface area contributed by atoms with E-state index in [4.69, 9.17) is 0 Å². The molecule has 0 aliphatic rings. The fourth-order valence-electron chi connectivity index (χ4n) is 1.74. The summed E-state index contributed by atoms with van der Waals surface area (Å²) in [7, 11) is 0. The second-order valence-electron chi connectivity index (χ2n) is 6.26. The molecule has 0 heterocycles. The van der Waals surface area contributed by atoms with E-state index in [9.17, 15) is 0 Å². The first-order valence-electron chi connectivity index (χ1n) is 6.42. The van der Waals surface area contributed by atoms with Gasteiger partial charge in [-0.3, -0.25) is 0 Å². The Morgan fingerprint density at radius 3 is 1.93 bits per heavy atom. The molecule has 0 spiro atoms. The molecule has 0 atom stereocenters. The first-order valence-corrected chi connectivity index (χ1v) is 13.0. The van der Waals surface area contributed by atoms with Crippen LogP contribution in [0.4, 0.5) is 0 Å². The van der Waals surface area contributed by atoms with Crippen molar-refractivity contribution in [2.75, 3.05) is 0 Å². The van der Waals surface area contributed by atoms with E-state index in [-0.39, 0.29) is 23.4 Å². The van der Waals surface area contributed by atoms with E-state index >= 15 is 0 Å². The standard InChI is InChI=1S/C10H21.C2H7Si.BrH.Mg/c1-5-6-7-8-9-10(2,3)4;1-3-2;;/h1,5-9H2,2-4H3;3H,1-2H3;1H;. The third-order valence-electron chi connectivity index (χ3n) is 2.71. The summed E-state index contributed by atoms with van der Waals surface area (Å²) in [6, 6.07) is 0. The van der Waals surface area contributed by atoms with Crippen LogP contribution in [0.25, 0.3) is 0 Å². The van der Waals surface area contributed by atoms with Gasteiger partial charge in [-0.1, -0.05) is 66.0 Å². The van der Waals surface area contributed by atoms with E-state index in [1.807, 2.05) is 0 Å². The predicted molar refractivity (Wildman–Crippen MR) is 82.3 cm³/mol. The molecule has 0 aliphatic carbocycles. The highest BCUT2D eigenvalue weighted by Crippen LogP contribution is 2.22. The van der Waals surface area contributed by atoms with Crippen LogP contribution >= 0.6 is 17.0 Å². The van der Waals surface area contributed by atoms with Gasteiger partial charge in [-0.25, -0.2) is 0 Å². The molecule has 0 aromatic heterocycles. The summed E-state index contributed by atoms with van der Waals surface area (Å²) in [4.78, 5) is 0. The Labute approximate surface area is 118 Å². The van der Waals surface area contributed by atoms with Crippen LogP contribution in [0.2, 0.25) is 17.6 Å². The van der Waals surface area contributed by atoms with E-state index in [1.165, 1.54) is 25.7 Å². The Bertz CT molecular complexity index is 132. The molecule has 0 fully saturated rings. The molecule has 90 valence electrons. The van der Waals surface area contributed by atoms with Gasteiger partial charge < -0.3 is 0 Å². The molecular weight excluding hydrogens is 276 g/mol. The van der Waals surface area contributed by atoms with Crippen molar-refractivity contribution < 1.29 is 0 Å². The fourth-order valence-corrected chi connectivity index (χ4v) is 6.51. The van der Waals surface area contributed by atoms with Crippen molar-refractivity contribution in [1.82, 2.24) is 0 Å². The van der Waals surface area contributed by atoms with Crippen molar-refractivity contribution in [2.45, 2.75) is 70.5 Å². The van der Waals surface area contributed by atoms with Gasteiger partial charge in [-0.2, -0.15) is 0 Å². The van der Waals surface area contributed by atoms with E-state index in [0.29, 0.717) is 25.0 Å². The van der Waals surface area contributed by atoms with Crippen molar-refractivity contribution >= 4 is 43.0 Å². The van der Waals surface area contributed by atoms with Crippen molar-refractivity contribution in [1.29, 1.82) is 0 Å². The molecule has 0 N–H and O–H groups in total. The van der Waals surface area contributed by atoms with Gasteiger partial charge in [-0.15, -0.1) is 21.5 Å². The first kappa shape index (κ1) is 18.8. The van der Waals surface area contributed by atoms with Crippen molar-refractivity contribution in [3.05, 3.63) is 0 Å². The molecule has 0 aliphatic heterocycles. The van der Waals surface area contributed by atoms with Crippen LogP contribution in [0, 0.1) is 5.41 Å². The molecule has 0 bridgehead atoms. The van der Waals surface area contributed by atoms with Crippen LogP contribution < -0.4 is 0 Å². The molecule has 3 heteroatoms. The van der Waals surface area contributed by atoms with Gasteiger partial charge in [0.05, 0.1) is 0 Å². The first-order chi connectivity index (χ1) is 6.42. The third-order valence-corrected chi connectivity index (χ3v) is 9.46. The van der Waals surface area contributed by atoms with Gasteiger partial charge in [0, 0.05) is 0 Å². The summed E-state index contributed by atoms with van der Waals surface area (Å²) in [5, 5.41) is 0. The molecule has 0 aromatic carbocycles. The smallest absolute Gasteiger partial charge is 0.149 e. The lowest BCUT2D eigenvalue weighted by atomic mass is 9.89. The summed E-state index contributed by atoms with van der Waals surface area (Å²) in [5.41, 5.74) is 0.555. The zero-order chi connectivity index (χ0) is 11.0. The molecule has 0 radical (unpaired) electrons. The van der Waals surface area contributed by atoms with Crippen LogP contribution in [-0.4, -0.2) is 26.0 Å². The largest absolute Gasteiger partial charge is 0.359 e. The maximum absolute atomic E-state index is 2.52. The lowest BCUT2D eigenvalue weighted by molar-refractivity contribution is 0.358. The molecule has 0 unspecified atom stereocenters. The Morgan fingerprint density at radius 2 is 1.47 bits per heavy atom. The minimum absolute atomic E-state index is 0. The van der Waals surface area contributed by atoms with E-state index in [1.54, 1.807) is 11.0 Å². The van der Waals surface area contributed by atoms with E-state index in [2.05, 4.69) is 33.9 Å². The SMILES string of the molecule is Br.C[SiH](C)[Mg][CH2]CCCCCC(C)(C)C. The number of hydrogen-bond acceptors (Lipinski definition) is 0. The van der Waals surface area contributed by atoms with Crippen LogP contribution in [0.1, 0.15) is 52.9 Å². The van der Waals surface area contributed by atoms with Crippen LogP contribution in [0.5, 0.6) is 0 Å². The molecule has 0 saturated carbocycles. The summed E-state index contributed by atoms with van der Waals surface area (Å²) in [6.45, 7) is 12.1. The molecule has 0 amide bonds. The highest BCUT2D eigenvalue weighted by atomic mass is 79.9. The minimum atomic E-state index is -0.118. The lowest BCUT2D eigenvalue weighted by Crippen LogP contribution is -2.11. The summed E-state index contributed by atoms with van der Waals surface area (Å²) in [5.74, 6) is 0. The highest BCUT2D eigenvalue weighted by molar-refractivity contribution is 8.93. The van der Waals surface area contributed by atoms with Crippen molar-refractivity contribution in [3.63, 3.8) is 0 Å². The highest BCUT2D eigenvalue weighted by Gasteiger charge is 2.08. The van der Waals surface area contributed by atoms with Gasteiger partial charge >= 0.3 is 19.6 Å². The molecule has 0 nitrogen and oxygen atoms in total. The van der Waals surface area contributed by atoms with Gasteiger partial charge in [0.15, 0.2) is 0 Å². The van der Waals surface area contributed by atoms with Crippen LogP contribution in [0.15, 0.2) is 0 Å². The Morgan fingerprint density at radius 1 is 0.933 bits per heavy atom. The number of unbranched alkanes of at least 4 members (excludes halogenated alkanes) is 3. The molecule has 0 rings (SSSR count). The van der Waals surface area contributed by atoms with Gasteiger partial charge in [0.25, 0.3) is 0 Å². The zero-order valence-electron chi connectivity index (χ0n) is 11.4. The average Bonchev–Trinajstić information content (AvgIpc) is 2.00. The van der Waals surface area contributed by atoms with Gasteiger partial charge in [0.2, 0.25) is 0 Å². The monoisotopic (exact) mass is 304 g/mol. The second kappa shape index (κ2) is 10.6. The molecular formula is C12H29BrMgSi. The van der Waals surface area contributed by atoms with Gasteiger partial charge in [0.1, 0.15) is 0 Å². The summed E-state index contributed by atoms with van der Waals surface area (Å²) in [6.07, 6.45) is 7.26. The topological polar surface area (TPSA) is 0 Å². The van der Waals surface area contributed by atoms with Crippen LogP contribution in [-0.2, 0) is 0 Å². The maximum atomic E-state index is 2.52. The molecule has 15 heavy (non-hydrogen) atoms. The van der Waals surface area contributed by atoms with Gasteiger partial charge in [-0.05, 0) is 11.8 Å². The second-order valence-corrected chi connectivity index (χ2v) is 17.0. The quantitative estimate of drug-likeness (QED) is 0.474. The fraction of sp³-hybridized carbons (Fsp3) is 1.00. The Hall–Kier alpha value is 1.46.